The third-order valence-corrected chi connectivity index (χ3v) is 2.43. The molecule has 1 atom stereocenters. The van der Waals surface area contributed by atoms with Crippen molar-refractivity contribution in [2.24, 2.45) is 5.73 Å². The van der Waals surface area contributed by atoms with Crippen LogP contribution in [-0.2, 0) is 19.1 Å². The van der Waals surface area contributed by atoms with E-state index in [2.05, 4.69) is 10.2 Å². The van der Waals surface area contributed by atoms with Gasteiger partial charge in [0.2, 0.25) is 0 Å². The molecular weight excluding hydrogens is 302 g/mol. The average molecular weight is 325 g/mol. The fourth-order valence-electron chi connectivity index (χ4n) is 1.41. The van der Waals surface area contributed by atoms with Crippen LogP contribution in [0.15, 0.2) is 0 Å². The number of carboxylic acid groups (broad SMARTS) is 1. The first-order valence-corrected chi connectivity index (χ1v) is 6.72. The summed E-state index contributed by atoms with van der Waals surface area (Å²) in [6.07, 6.45) is 0.685. The van der Waals surface area contributed by atoms with Gasteiger partial charge in [0.15, 0.2) is 0 Å². The summed E-state index contributed by atoms with van der Waals surface area (Å²) in [6.45, 7) is 0.393. The van der Waals surface area contributed by atoms with E-state index in [1.165, 1.54) is 0 Å². The molecule has 1 amide bonds. The molecule has 0 spiro atoms. The molecule has 1 unspecified atom stereocenters. The topological polar surface area (TPSA) is 164 Å². The lowest BCUT2D eigenvalue weighted by atomic mass is 10.1. The highest BCUT2D eigenvalue weighted by molar-refractivity contribution is 5.79. The number of amides is 1. The van der Waals surface area contributed by atoms with Gasteiger partial charge >= 0.3 is 12.1 Å². The Balaban J connectivity index is 3.70. The van der Waals surface area contributed by atoms with Crippen LogP contribution >= 0.6 is 0 Å². The molecule has 11 heteroatoms. The molecule has 0 saturated carbocycles. The van der Waals surface area contributed by atoms with Crippen molar-refractivity contribution in [3.63, 3.8) is 0 Å². The molecule has 11 nitrogen and oxygen atoms in total. The first-order valence-electron chi connectivity index (χ1n) is 6.72. The van der Waals surface area contributed by atoms with Crippen molar-refractivity contribution >= 4 is 12.1 Å². The van der Waals surface area contributed by atoms with Gasteiger partial charge in [-0.25, -0.2) is 14.4 Å². The lowest BCUT2D eigenvalue weighted by Crippen LogP contribution is -2.41. The van der Waals surface area contributed by atoms with E-state index < -0.39 is 23.5 Å². The van der Waals surface area contributed by atoms with E-state index in [0.29, 0.717) is 19.4 Å². The summed E-state index contributed by atoms with van der Waals surface area (Å²) < 4.78 is 9.70. The maximum Gasteiger partial charge on any atom is 0.407 e. The Morgan fingerprint density at radius 2 is 1.82 bits per heavy atom. The van der Waals surface area contributed by atoms with Gasteiger partial charge in [-0.2, -0.15) is 0 Å². The number of carbonyl (C=O) groups excluding carboxylic acids is 1. The molecule has 0 rings (SSSR count). The van der Waals surface area contributed by atoms with Gasteiger partial charge in [0.05, 0.1) is 25.2 Å². The molecular formula is C11H23N3O8. The van der Waals surface area contributed by atoms with Crippen molar-refractivity contribution in [1.29, 1.82) is 0 Å². The number of carbonyl (C=O) groups is 2. The molecule has 0 aromatic carbocycles. The Morgan fingerprint density at radius 1 is 1.14 bits per heavy atom. The van der Waals surface area contributed by atoms with Crippen LogP contribution in [0.2, 0.25) is 0 Å². The fourth-order valence-corrected chi connectivity index (χ4v) is 1.41. The molecule has 0 aromatic heterocycles. The summed E-state index contributed by atoms with van der Waals surface area (Å²) in [4.78, 5) is 26.6. The van der Waals surface area contributed by atoms with E-state index in [1.807, 2.05) is 0 Å². The third-order valence-electron chi connectivity index (χ3n) is 2.43. The van der Waals surface area contributed by atoms with Gasteiger partial charge in [-0.3, -0.25) is 10.4 Å². The number of aliphatic carboxylic acids is 1. The van der Waals surface area contributed by atoms with Crippen molar-refractivity contribution < 1.29 is 39.4 Å². The predicted octanol–water partition coefficient (Wildman–Crippen LogP) is -0.677. The number of unbranched alkanes of at least 4 members (excludes halogenated alkanes) is 1. The van der Waals surface area contributed by atoms with Gasteiger partial charge in [0.1, 0.15) is 12.6 Å². The van der Waals surface area contributed by atoms with Crippen LogP contribution in [0.3, 0.4) is 0 Å². The van der Waals surface area contributed by atoms with E-state index in [9.17, 15) is 9.59 Å². The number of nitrogens with zero attached hydrogens (tertiary/aromatic N) is 1. The molecule has 0 fully saturated rings. The zero-order valence-corrected chi connectivity index (χ0v) is 12.1. The van der Waals surface area contributed by atoms with Crippen LogP contribution in [0.5, 0.6) is 0 Å². The maximum absolute atomic E-state index is 11.4. The van der Waals surface area contributed by atoms with E-state index in [1.54, 1.807) is 0 Å². The number of hydrogen-bond donors (Lipinski definition) is 5. The highest BCUT2D eigenvalue weighted by Gasteiger charge is 2.19. The van der Waals surface area contributed by atoms with Crippen molar-refractivity contribution in [3.8, 4) is 0 Å². The van der Waals surface area contributed by atoms with E-state index in [0.717, 1.165) is 0 Å². The van der Waals surface area contributed by atoms with Crippen molar-refractivity contribution in [2.75, 3.05) is 33.0 Å². The first kappa shape index (κ1) is 20.5. The molecule has 0 aliphatic rings. The molecule has 0 aliphatic heterocycles. The third kappa shape index (κ3) is 12.3. The lowest BCUT2D eigenvalue weighted by molar-refractivity contribution is -0.493. The fraction of sp³-hybridized carbons (Fsp3) is 0.818. The Hall–Kier alpha value is -1.50. The van der Waals surface area contributed by atoms with Crippen molar-refractivity contribution in [1.82, 2.24) is 10.7 Å². The Morgan fingerprint density at radius 3 is 2.41 bits per heavy atom. The minimum absolute atomic E-state index is 0.0541. The standard InChI is InChI=1S/C11H23N3O8/c12-4-2-1-3-9(10(15)16)13-11(17)21-7-5-20-6-8-22-14(18)19/h9,18-19H,1-8,12H2,(H,13,17)(H,15,16). The summed E-state index contributed by atoms with van der Waals surface area (Å²) in [5.41, 5.74) is 5.31. The molecule has 0 saturated heterocycles. The first-order chi connectivity index (χ1) is 10.5. The number of alkyl carbamates (subject to hydrolysis) is 1. The van der Waals surface area contributed by atoms with Gasteiger partial charge in [0.25, 0.3) is 0 Å². The zero-order chi connectivity index (χ0) is 16.8. The van der Waals surface area contributed by atoms with E-state index >= 15 is 0 Å². The summed E-state index contributed by atoms with van der Waals surface area (Å²) in [7, 11) is 0. The van der Waals surface area contributed by atoms with Gasteiger partial charge < -0.3 is 25.6 Å². The molecule has 0 heterocycles. The van der Waals surface area contributed by atoms with Crippen molar-refractivity contribution in [2.45, 2.75) is 25.3 Å². The highest BCUT2D eigenvalue weighted by Crippen LogP contribution is 2.01. The average Bonchev–Trinajstić information content (AvgIpc) is 2.44. The quantitative estimate of drug-likeness (QED) is 0.216. The van der Waals surface area contributed by atoms with Gasteiger partial charge in [-0.1, -0.05) is 0 Å². The number of nitrogens with two attached hydrogens (primary N) is 1. The number of hydrogen-bond acceptors (Lipinski definition) is 9. The summed E-state index contributed by atoms with van der Waals surface area (Å²) in [5.74, 6) is -1.14. The Bertz CT molecular complexity index is 316. The summed E-state index contributed by atoms with van der Waals surface area (Å²) >= 11 is 0. The smallest absolute Gasteiger partial charge is 0.407 e. The summed E-state index contributed by atoms with van der Waals surface area (Å²) in [5, 5.41) is 27.2. The molecule has 0 aromatic rings. The molecule has 130 valence electrons. The number of nitrogens with one attached hydrogen (secondary N) is 1. The summed E-state index contributed by atoms with van der Waals surface area (Å²) in [6, 6.07) is -1.02. The maximum atomic E-state index is 11.4. The minimum Gasteiger partial charge on any atom is -0.480 e. The zero-order valence-electron chi connectivity index (χ0n) is 12.1. The monoisotopic (exact) mass is 325 g/mol. The number of carboxylic acids is 1. The lowest BCUT2D eigenvalue weighted by Gasteiger charge is -2.14. The molecule has 0 bridgehead atoms. The second kappa shape index (κ2) is 13.2. The molecule has 6 N–H and O–H groups in total. The highest BCUT2D eigenvalue weighted by atomic mass is 17.1. The SMILES string of the molecule is NCCCCC(NC(=O)OCCOCCON(O)O)C(=O)O. The second-order valence-corrected chi connectivity index (χ2v) is 4.15. The Kier molecular flexibility index (Phi) is 12.3. The van der Waals surface area contributed by atoms with E-state index in [4.69, 9.17) is 30.7 Å². The number of ether oxygens (including phenoxy) is 2. The van der Waals surface area contributed by atoms with Crippen molar-refractivity contribution in [3.05, 3.63) is 0 Å². The van der Waals surface area contributed by atoms with Crippen LogP contribution in [0, 0.1) is 0 Å². The van der Waals surface area contributed by atoms with Crippen LogP contribution < -0.4 is 11.1 Å². The van der Waals surface area contributed by atoms with Crippen LogP contribution in [0.25, 0.3) is 0 Å². The molecule has 0 radical (unpaired) electrons. The van der Waals surface area contributed by atoms with Gasteiger partial charge in [-0.05, 0) is 25.8 Å². The van der Waals surface area contributed by atoms with Crippen LogP contribution in [0.1, 0.15) is 19.3 Å². The van der Waals surface area contributed by atoms with E-state index in [-0.39, 0.29) is 32.8 Å². The van der Waals surface area contributed by atoms with Gasteiger partial charge in [0, 0.05) is 0 Å². The van der Waals surface area contributed by atoms with Crippen LogP contribution in [-0.4, -0.2) is 72.0 Å². The largest absolute Gasteiger partial charge is 0.480 e. The predicted molar refractivity (Wildman–Crippen MR) is 71.0 cm³/mol. The van der Waals surface area contributed by atoms with Crippen LogP contribution in [0.4, 0.5) is 4.79 Å². The normalized spacial score (nSPS) is 12.2. The Labute approximate surface area is 127 Å². The molecule has 22 heavy (non-hydrogen) atoms. The second-order valence-electron chi connectivity index (χ2n) is 4.15. The number of rotatable bonds is 13. The van der Waals surface area contributed by atoms with Gasteiger partial charge in [-0.15, -0.1) is 0 Å². The molecule has 0 aliphatic carbocycles. The minimum atomic E-state index is -1.14.